The van der Waals surface area contributed by atoms with E-state index in [4.69, 9.17) is 0 Å². The molecule has 0 aliphatic heterocycles. The average molecular weight is 307 g/mol. The molecule has 2 rings (SSSR count). The number of carbonyl (C=O) groups is 1. The van der Waals surface area contributed by atoms with Crippen LogP contribution in [0.5, 0.6) is 0 Å². The minimum Gasteiger partial charge on any atom is -0.341 e. The van der Waals surface area contributed by atoms with Gasteiger partial charge in [-0.2, -0.15) is 0 Å². The standard InChI is InChI=1S/C16H15F2NOS/c1-19(10-12-2-4-13(17)5-3-12)16(20)11-21-15-8-6-14(18)7-9-15/h2-9H,10-11H2,1H3. The van der Waals surface area contributed by atoms with Crippen molar-refractivity contribution in [3.63, 3.8) is 0 Å². The summed E-state index contributed by atoms with van der Waals surface area (Å²) in [7, 11) is 1.71. The second-order valence-electron chi connectivity index (χ2n) is 4.62. The molecule has 0 atom stereocenters. The first kappa shape index (κ1) is 15.5. The van der Waals surface area contributed by atoms with E-state index >= 15 is 0 Å². The van der Waals surface area contributed by atoms with Crippen LogP contribution in [0, 0.1) is 11.6 Å². The van der Waals surface area contributed by atoms with E-state index in [1.165, 1.54) is 36.0 Å². The molecule has 0 bridgehead atoms. The van der Waals surface area contributed by atoms with Gasteiger partial charge in [0.2, 0.25) is 5.91 Å². The Labute approximate surface area is 126 Å². The first-order valence-electron chi connectivity index (χ1n) is 6.41. The number of benzene rings is 2. The van der Waals surface area contributed by atoms with Gasteiger partial charge < -0.3 is 4.90 Å². The molecule has 0 saturated carbocycles. The monoisotopic (exact) mass is 307 g/mol. The quantitative estimate of drug-likeness (QED) is 0.785. The lowest BCUT2D eigenvalue weighted by Gasteiger charge is -2.17. The largest absolute Gasteiger partial charge is 0.341 e. The summed E-state index contributed by atoms with van der Waals surface area (Å²) in [6.07, 6.45) is 0. The lowest BCUT2D eigenvalue weighted by Crippen LogP contribution is -2.27. The lowest BCUT2D eigenvalue weighted by atomic mass is 10.2. The fraction of sp³-hybridized carbons (Fsp3) is 0.188. The Kier molecular flexibility index (Phi) is 5.33. The van der Waals surface area contributed by atoms with Gasteiger partial charge in [-0.05, 0) is 42.0 Å². The van der Waals surface area contributed by atoms with Gasteiger partial charge in [-0.25, -0.2) is 8.78 Å². The maximum absolute atomic E-state index is 12.8. The molecular formula is C16H15F2NOS. The molecule has 1 amide bonds. The molecule has 21 heavy (non-hydrogen) atoms. The van der Waals surface area contributed by atoms with Crippen molar-refractivity contribution in [2.75, 3.05) is 12.8 Å². The number of nitrogens with zero attached hydrogens (tertiary/aromatic N) is 1. The van der Waals surface area contributed by atoms with Crippen LogP contribution in [0.25, 0.3) is 0 Å². The summed E-state index contributed by atoms with van der Waals surface area (Å²) in [6, 6.07) is 12.1. The van der Waals surface area contributed by atoms with Crippen molar-refractivity contribution < 1.29 is 13.6 Å². The molecule has 0 aromatic heterocycles. The zero-order valence-corrected chi connectivity index (χ0v) is 12.4. The third-order valence-corrected chi connectivity index (χ3v) is 3.93. The van der Waals surface area contributed by atoms with Gasteiger partial charge in [0, 0.05) is 18.5 Å². The Bertz CT molecular complexity index is 599. The van der Waals surface area contributed by atoms with Crippen LogP contribution in [0.15, 0.2) is 53.4 Å². The molecule has 110 valence electrons. The summed E-state index contributed by atoms with van der Waals surface area (Å²) in [5.74, 6) is -0.337. The molecule has 2 nitrogen and oxygen atoms in total. The van der Waals surface area contributed by atoms with Crippen LogP contribution in [-0.2, 0) is 11.3 Å². The maximum atomic E-state index is 12.8. The fourth-order valence-electron chi connectivity index (χ4n) is 1.74. The maximum Gasteiger partial charge on any atom is 0.232 e. The van der Waals surface area contributed by atoms with E-state index in [1.54, 1.807) is 36.2 Å². The third kappa shape index (κ3) is 4.86. The molecule has 0 N–H and O–H groups in total. The van der Waals surface area contributed by atoms with Crippen molar-refractivity contribution in [2.45, 2.75) is 11.4 Å². The summed E-state index contributed by atoms with van der Waals surface area (Å²) in [5.41, 5.74) is 0.874. The summed E-state index contributed by atoms with van der Waals surface area (Å²) >= 11 is 1.36. The van der Waals surface area contributed by atoms with Crippen LogP contribution < -0.4 is 0 Å². The Morgan fingerprint density at radius 3 is 2.10 bits per heavy atom. The SMILES string of the molecule is CN(Cc1ccc(F)cc1)C(=O)CSc1ccc(F)cc1. The fourth-order valence-corrected chi connectivity index (χ4v) is 2.58. The van der Waals surface area contributed by atoms with Crippen LogP contribution in [0.4, 0.5) is 8.78 Å². The number of hydrogen-bond donors (Lipinski definition) is 0. The number of halogens is 2. The first-order valence-corrected chi connectivity index (χ1v) is 7.40. The molecule has 0 aliphatic carbocycles. The summed E-state index contributed by atoms with van der Waals surface area (Å²) in [4.78, 5) is 14.4. The zero-order valence-electron chi connectivity index (χ0n) is 11.6. The highest BCUT2D eigenvalue weighted by Crippen LogP contribution is 2.18. The summed E-state index contributed by atoms with van der Waals surface area (Å²) in [6.45, 7) is 0.434. The van der Waals surface area contributed by atoms with Gasteiger partial charge in [0.1, 0.15) is 11.6 Å². The molecule has 0 spiro atoms. The molecule has 0 heterocycles. The number of carbonyl (C=O) groups excluding carboxylic acids is 1. The second kappa shape index (κ2) is 7.22. The molecule has 5 heteroatoms. The smallest absolute Gasteiger partial charge is 0.232 e. The van der Waals surface area contributed by atoms with Crippen molar-refractivity contribution in [3.8, 4) is 0 Å². The van der Waals surface area contributed by atoms with Crippen LogP contribution in [-0.4, -0.2) is 23.6 Å². The van der Waals surface area contributed by atoms with E-state index in [2.05, 4.69) is 0 Å². The Morgan fingerprint density at radius 2 is 1.52 bits per heavy atom. The average Bonchev–Trinajstić information content (AvgIpc) is 2.48. The minimum absolute atomic E-state index is 0.0337. The predicted molar refractivity (Wildman–Crippen MR) is 80.0 cm³/mol. The minimum atomic E-state index is -0.292. The van der Waals surface area contributed by atoms with Gasteiger partial charge in [0.15, 0.2) is 0 Å². The predicted octanol–water partition coefficient (Wildman–Crippen LogP) is 3.72. The highest BCUT2D eigenvalue weighted by atomic mass is 32.2. The van der Waals surface area contributed by atoms with Gasteiger partial charge >= 0.3 is 0 Å². The van der Waals surface area contributed by atoms with Gasteiger partial charge in [-0.3, -0.25) is 4.79 Å². The van der Waals surface area contributed by atoms with Crippen LogP contribution >= 0.6 is 11.8 Å². The molecule has 0 fully saturated rings. The van der Waals surface area contributed by atoms with Crippen LogP contribution in [0.1, 0.15) is 5.56 Å². The number of amides is 1. The highest BCUT2D eigenvalue weighted by molar-refractivity contribution is 8.00. The number of rotatable bonds is 5. The van der Waals surface area contributed by atoms with Gasteiger partial charge in [0.05, 0.1) is 5.75 Å². The summed E-state index contributed by atoms with van der Waals surface area (Å²) < 4.78 is 25.6. The van der Waals surface area contributed by atoms with Crippen LogP contribution in [0.3, 0.4) is 0 Å². The molecule has 0 unspecified atom stereocenters. The Morgan fingerprint density at radius 1 is 1.00 bits per heavy atom. The van der Waals surface area contributed by atoms with Gasteiger partial charge in [-0.15, -0.1) is 11.8 Å². The molecule has 2 aromatic rings. The molecule has 0 radical (unpaired) electrons. The van der Waals surface area contributed by atoms with Crippen molar-refractivity contribution in [1.82, 2.24) is 4.90 Å². The zero-order chi connectivity index (χ0) is 15.2. The number of hydrogen-bond acceptors (Lipinski definition) is 2. The van der Waals surface area contributed by atoms with E-state index in [0.29, 0.717) is 6.54 Å². The molecule has 2 aromatic carbocycles. The summed E-state index contributed by atoms with van der Waals surface area (Å²) in [5, 5.41) is 0. The van der Waals surface area contributed by atoms with Crippen molar-refractivity contribution in [2.24, 2.45) is 0 Å². The first-order chi connectivity index (χ1) is 10.0. The van der Waals surface area contributed by atoms with Gasteiger partial charge in [0.25, 0.3) is 0 Å². The topological polar surface area (TPSA) is 20.3 Å². The number of thioether (sulfide) groups is 1. The lowest BCUT2D eigenvalue weighted by molar-refractivity contribution is -0.127. The van der Waals surface area contributed by atoms with E-state index in [-0.39, 0.29) is 23.3 Å². The van der Waals surface area contributed by atoms with Crippen molar-refractivity contribution >= 4 is 17.7 Å². The molecule has 0 aliphatic rings. The van der Waals surface area contributed by atoms with E-state index in [9.17, 15) is 13.6 Å². The third-order valence-electron chi connectivity index (χ3n) is 2.93. The Hall–Kier alpha value is -1.88. The highest BCUT2D eigenvalue weighted by Gasteiger charge is 2.10. The molecular weight excluding hydrogens is 292 g/mol. The Balaban J connectivity index is 1.84. The van der Waals surface area contributed by atoms with Crippen molar-refractivity contribution in [3.05, 3.63) is 65.7 Å². The van der Waals surface area contributed by atoms with E-state index in [0.717, 1.165) is 10.5 Å². The van der Waals surface area contributed by atoms with Crippen LogP contribution in [0.2, 0.25) is 0 Å². The van der Waals surface area contributed by atoms with Gasteiger partial charge in [-0.1, -0.05) is 12.1 Å². The van der Waals surface area contributed by atoms with E-state index < -0.39 is 0 Å². The van der Waals surface area contributed by atoms with Crippen molar-refractivity contribution in [1.29, 1.82) is 0 Å². The molecule has 0 saturated heterocycles. The normalized spacial score (nSPS) is 10.4. The van der Waals surface area contributed by atoms with E-state index in [1.807, 2.05) is 0 Å². The second-order valence-corrected chi connectivity index (χ2v) is 5.67.